The minimum Gasteiger partial charge on any atom is -0.297 e. The van der Waals surface area contributed by atoms with Crippen LogP contribution in [0, 0.1) is 13.8 Å². The fourth-order valence-corrected chi connectivity index (χ4v) is 4.46. The maximum absolute atomic E-state index is 5.10. The molecule has 3 aromatic heterocycles. The molecule has 3 aromatic carbocycles. The summed E-state index contributed by atoms with van der Waals surface area (Å²) in [5, 5.41) is 3.40. The summed E-state index contributed by atoms with van der Waals surface area (Å²) in [6, 6.07) is 25.4. The summed E-state index contributed by atoms with van der Waals surface area (Å²) in [4.78, 5) is 10.1. The Hall–Kier alpha value is -3.72. The summed E-state index contributed by atoms with van der Waals surface area (Å²) in [6.45, 7) is 4.30. The zero-order valence-electron chi connectivity index (χ0n) is 16.3. The Bertz CT molecular complexity index is 1550. The molecule has 0 amide bonds. The van der Waals surface area contributed by atoms with Crippen molar-refractivity contribution in [1.82, 2.24) is 14.4 Å². The summed E-state index contributed by atoms with van der Waals surface area (Å²) in [5.41, 5.74) is 8.78. The molecule has 0 bridgehead atoms. The van der Waals surface area contributed by atoms with Crippen molar-refractivity contribution in [2.24, 2.45) is 0 Å². The molecule has 0 saturated heterocycles. The van der Waals surface area contributed by atoms with Gasteiger partial charge in [-0.3, -0.25) is 4.40 Å². The first-order chi connectivity index (χ1) is 14.2. The van der Waals surface area contributed by atoms with Gasteiger partial charge in [-0.05, 0) is 37.1 Å². The smallest absolute Gasteiger partial charge is 0.145 e. The molecule has 3 heterocycles. The predicted molar refractivity (Wildman–Crippen MR) is 120 cm³/mol. The van der Waals surface area contributed by atoms with Gasteiger partial charge >= 0.3 is 0 Å². The second kappa shape index (κ2) is 5.89. The van der Waals surface area contributed by atoms with Gasteiger partial charge < -0.3 is 0 Å². The van der Waals surface area contributed by atoms with Crippen molar-refractivity contribution in [2.75, 3.05) is 0 Å². The molecule has 138 valence electrons. The number of aromatic nitrogens is 3. The molecule has 6 aromatic rings. The number of pyridine rings is 2. The van der Waals surface area contributed by atoms with Crippen LogP contribution in [0.5, 0.6) is 0 Å². The molecule has 0 atom stereocenters. The van der Waals surface area contributed by atoms with E-state index in [1.807, 2.05) is 6.07 Å². The van der Waals surface area contributed by atoms with Crippen LogP contribution >= 0.6 is 0 Å². The second-order valence-electron chi connectivity index (χ2n) is 7.68. The maximum Gasteiger partial charge on any atom is 0.145 e. The number of aryl methyl sites for hydroxylation is 2. The van der Waals surface area contributed by atoms with Crippen molar-refractivity contribution in [2.45, 2.75) is 13.8 Å². The molecular weight excluding hydrogens is 354 g/mol. The Morgan fingerprint density at radius 2 is 1.45 bits per heavy atom. The lowest BCUT2D eigenvalue weighted by Crippen LogP contribution is -1.93. The van der Waals surface area contributed by atoms with E-state index < -0.39 is 0 Å². The van der Waals surface area contributed by atoms with Crippen LogP contribution in [0.15, 0.2) is 79.0 Å². The Morgan fingerprint density at radius 1 is 0.724 bits per heavy atom. The number of fused-ring (bicyclic) bond motifs is 7. The predicted octanol–water partition coefficient (Wildman–Crippen LogP) is 6.47. The first-order valence-electron chi connectivity index (χ1n) is 9.86. The van der Waals surface area contributed by atoms with Crippen LogP contribution in [0.25, 0.3) is 49.6 Å². The van der Waals surface area contributed by atoms with Crippen LogP contribution in [-0.4, -0.2) is 14.4 Å². The Balaban J connectivity index is 1.83. The zero-order chi connectivity index (χ0) is 19.5. The van der Waals surface area contributed by atoms with Crippen molar-refractivity contribution >= 4 is 38.4 Å². The molecule has 0 radical (unpaired) electrons. The molecule has 3 nitrogen and oxygen atoms in total. The van der Waals surface area contributed by atoms with Crippen LogP contribution in [-0.2, 0) is 0 Å². The van der Waals surface area contributed by atoms with Gasteiger partial charge in [0.05, 0.1) is 22.2 Å². The van der Waals surface area contributed by atoms with E-state index in [9.17, 15) is 0 Å². The lowest BCUT2D eigenvalue weighted by Gasteiger charge is -2.08. The van der Waals surface area contributed by atoms with E-state index in [-0.39, 0.29) is 0 Å². The van der Waals surface area contributed by atoms with Gasteiger partial charge in [-0.2, -0.15) is 0 Å². The molecule has 29 heavy (non-hydrogen) atoms. The van der Waals surface area contributed by atoms with Gasteiger partial charge in [0.1, 0.15) is 5.65 Å². The van der Waals surface area contributed by atoms with Gasteiger partial charge in [-0.25, -0.2) is 9.97 Å². The monoisotopic (exact) mass is 373 g/mol. The number of rotatable bonds is 1. The second-order valence-corrected chi connectivity index (χ2v) is 7.68. The molecule has 0 N–H and O–H groups in total. The highest BCUT2D eigenvalue weighted by Crippen LogP contribution is 2.33. The van der Waals surface area contributed by atoms with E-state index in [0.717, 1.165) is 44.0 Å². The van der Waals surface area contributed by atoms with E-state index in [2.05, 4.69) is 91.2 Å². The van der Waals surface area contributed by atoms with Crippen molar-refractivity contribution in [1.29, 1.82) is 0 Å². The van der Waals surface area contributed by atoms with E-state index in [1.165, 1.54) is 16.7 Å². The Kier molecular flexibility index (Phi) is 3.30. The Morgan fingerprint density at radius 3 is 2.28 bits per heavy atom. The SMILES string of the molecule is Cc1cccc(C)c1-c1cn2c3cc4ccccc4nc3c3ccccc3c2n1. The summed E-state index contributed by atoms with van der Waals surface area (Å²) in [5.74, 6) is 0. The summed E-state index contributed by atoms with van der Waals surface area (Å²) < 4.78 is 2.21. The zero-order valence-corrected chi connectivity index (χ0v) is 16.3. The molecule has 0 saturated carbocycles. The fraction of sp³-hybridized carbons (Fsp3) is 0.0769. The minimum atomic E-state index is 0.975. The van der Waals surface area contributed by atoms with Crippen molar-refractivity contribution in [3.63, 3.8) is 0 Å². The summed E-state index contributed by atoms with van der Waals surface area (Å²) >= 11 is 0. The number of nitrogens with zero attached hydrogens (tertiary/aromatic N) is 3. The Labute approximate surface area is 168 Å². The van der Waals surface area contributed by atoms with Gasteiger partial charge in [-0.15, -0.1) is 0 Å². The average molecular weight is 373 g/mol. The number of hydrogen-bond donors (Lipinski definition) is 0. The maximum atomic E-state index is 5.10. The first kappa shape index (κ1) is 16.3. The van der Waals surface area contributed by atoms with Gasteiger partial charge in [-0.1, -0.05) is 60.7 Å². The summed E-state index contributed by atoms with van der Waals surface area (Å²) in [7, 11) is 0. The van der Waals surface area contributed by atoms with Gasteiger partial charge in [0.15, 0.2) is 0 Å². The largest absolute Gasteiger partial charge is 0.297 e. The molecule has 0 aliphatic heterocycles. The van der Waals surface area contributed by atoms with Crippen LogP contribution in [0.3, 0.4) is 0 Å². The first-order valence-corrected chi connectivity index (χ1v) is 9.86. The van der Waals surface area contributed by atoms with Crippen LogP contribution < -0.4 is 0 Å². The van der Waals surface area contributed by atoms with E-state index in [4.69, 9.17) is 9.97 Å². The van der Waals surface area contributed by atoms with Crippen LogP contribution in [0.1, 0.15) is 11.1 Å². The van der Waals surface area contributed by atoms with Crippen molar-refractivity contribution < 1.29 is 0 Å². The topological polar surface area (TPSA) is 30.2 Å². The third-order valence-electron chi connectivity index (χ3n) is 5.83. The number of para-hydroxylation sites is 1. The molecule has 0 spiro atoms. The third-order valence-corrected chi connectivity index (χ3v) is 5.83. The van der Waals surface area contributed by atoms with Gasteiger partial charge in [0.25, 0.3) is 0 Å². The van der Waals surface area contributed by atoms with E-state index >= 15 is 0 Å². The van der Waals surface area contributed by atoms with Crippen LogP contribution in [0.4, 0.5) is 0 Å². The van der Waals surface area contributed by atoms with Gasteiger partial charge in [0.2, 0.25) is 0 Å². The standard InChI is InChI=1S/C26H19N3/c1-16-8-7-9-17(2)24(16)22-15-29-23-14-18-10-3-6-13-21(18)27-25(23)19-11-4-5-12-20(19)26(29)28-22/h3-15H,1-2H3. The average Bonchev–Trinajstić information content (AvgIpc) is 3.18. The van der Waals surface area contributed by atoms with E-state index in [1.54, 1.807) is 0 Å². The highest BCUT2D eigenvalue weighted by molar-refractivity contribution is 6.12. The summed E-state index contributed by atoms with van der Waals surface area (Å²) in [6.07, 6.45) is 2.16. The number of hydrogen-bond acceptors (Lipinski definition) is 2. The number of benzene rings is 3. The van der Waals surface area contributed by atoms with E-state index in [0.29, 0.717) is 0 Å². The van der Waals surface area contributed by atoms with Crippen LogP contribution in [0.2, 0.25) is 0 Å². The van der Waals surface area contributed by atoms with Crippen molar-refractivity contribution in [3.05, 3.63) is 90.1 Å². The quantitative estimate of drug-likeness (QED) is 0.244. The molecule has 6 rings (SSSR count). The molecule has 0 unspecified atom stereocenters. The lowest BCUT2D eigenvalue weighted by atomic mass is 10.0. The fourth-order valence-electron chi connectivity index (χ4n) is 4.46. The minimum absolute atomic E-state index is 0.975. The third kappa shape index (κ3) is 2.31. The number of imidazole rings is 1. The molecule has 3 heteroatoms. The molecule has 0 aliphatic carbocycles. The van der Waals surface area contributed by atoms with Gasteiger partial charge in [0, 0.05) is 27.9 Å². The molecular formula is C26H19N3. The van der Waals surface area contributed by atoms with Crippen molar-refractivity contribution in [3.8, 4) is 11.3 Å². The molecule has 0 aliphatic rings. The highest BCUT2D eigenvalue weighted by atomic mass is 15.0. The molecule has 0 fully saturated rings. The lowest BCUT2D eigenvalue weighted by molar-refractivity contribution is 1.26. The highest BCUT2D eigenvalue weighted by Gasteiger charge is 2.16. The normalized spacial score (nSPS) is 11.8.